The van der Waals surface area contributed by atoms with Gasteiger partial charge in [0.2, 0.25) is 0 Å². The topological polar surface area (TPSA) is 89.2 Å². The number of furan rings is 1. The number of carbonyl (C=O) groups is 2. The monoisotopic (exact) mass is 405 g/mol. The quantitative estimate of drug-likeness (QED) is 0.447. The second-order valence-corrected chi connectivity index (χ2v) is 6.60. The highest BCUT2D eigenvalue weighted by Gasteiger charge is 2.47. The van der Waals surface area contributed by atoms with E-state index in [0.717, 1.165) is 0 Å². The van der Waals surface area contributed by atoms with E-state index in [9.17, 15) is 14.7 Å². The zero-order valence-electron chi connectivity index (χ0n) is 15.7. The number of halogens is 1. The molecule has 0 aliphatic carbocycles. The number of aliphatic hydroxyl groups is 1. The molecule has 7 nitrogen and oxygen atoms in total. The van der Waals surface area contributed by atoms with Crippen molar-refractivity contribution >= 4 is 29.1 Å². The van der Waals surface area contributed by atoms with Gasteiger partial charge >= 0.3 is 0 Å². The van der Waals surface area contributed by atoms with Crippen LogP contribution in [0, 0.1) is 0 Å². The molecule has 1 aliphatic heterocycles. The highest BCUT2D eigenvalue weighted by atomic mass is 35.5. The number of Topliss-reactive ketones (excluding diaryl/α,β-unsaturated/α-hetero) is 1. The standard InChI is InChI=1S/C20H20ClNO6/c1-4-7-22-17(13-6-5-8-28-13)16(19(24)20(22)25)18(23)11-9-15(27-3)12(21)10-14(11)26-2/h5-6,8-10,17,23H,4,7H2,1-3H3/b18-16+. The Morgan fingerprint density at radius 3 is 2.54 bits per heavy atom. The number of ketones is 1. The molecule has 0 bridgehead atoms. The van der Waals surface area contributed by atoms with Crippen molar-refractivity contribution in [3.63, 3.8) is 0 Å². The Morgan fingerprint density at radius 1 is 1.25 bits per heavy atom. The van der Waals surface area contributed by atoms with E-state index in [0.29, 0.717) is 24.5 Å². The average Bonchev–Trinajstić information content (AvgIpc) is 3.30. The molecule has 0 saturated carbocycles. The Kier molecular flexibility index (Phi) is 5.65. The highest BCUT2D eigenvalue weighted by molar-refractivity contribution is 6.46. The fourth-order valence-corrected chi connectivity index (χ4v) is 3.52. The average molecular weight is 406 g/mol. The number of likely N-dealkylation sites (tertiary alicyclic amines) is 1. The van der Waals surface area contributed by atoms with Gasteiger partial charge in [-0.1, -0.05) is 18.5 Å². The summed E-state index contributed by atoms with van der Waals surface area (Å²) in [4.78, 5) is 26.8. The van der Waals surface area contributed by atoms with E-state index in [1.165, 1.54) is 37.5 Å². The molecule has 1 aromatic heterocycles. The zero-order valence-corrected chi connectivity index (χ0v) is 16.4. The number of hydrogen-bond donors (Lipinski definition) is 1. The molecule has 1 unspecified atom stereocenters. The lowest BCUT2D eigenvalue weighted by atomic mass is 9.98. The minimum absolute atomic E-state index is 0.0731. The second kappa shape index (κ2) is 7.98. The second-order valence-electron chi connectivity index (χ2n) is 6.19. The Balaban J connectivity index is 2.24. The molecule has 2 aromatic rings. The van der Waals surface area contributed by atoms with Crippen molar-refractivity contribution < 1.29 is 28.6 Å². The largest absolute Gasteiger partial charge is 0.507 e. The van der Waals surface area contributed by atoms with Gasteiger partial charge in [-0.2, -0.15) is 0 Å². The summed E-state index contributed by atoms with van der Waals surface area (Å²) >= 11 is 6.12. The maximum Gasteiger partial charge on any atom is 0.295 e. The van der Waals surface area contributed by atoms with Crippen molar-refractivity contribution in [2.45, 2.75) is 19.4 Å². The van der Waals surface area contributed by atoms with Crippen LogP contribution >= 0.6 is 11.6 Å². The normalized spacial score (nSPS) is 18.6. The minimum Gasteiger partial charge on any atom is -0.507 e. The summed E-state index contributed by atoms with van der Waals surface area (Å²) in [7, 11) is 2.84. The highest BCUT2D eigenvalue weighted by Crippen LogP contribution is 2.43. The molecule has 3 rings (SSSR count). The Bertz CT molecular complexity index is 934. The molecular formula is C20H20ClNO6. The lowest BCUT2D eigenvalue weighted by Gasteiger charge is -2.22. The molecule has 0 radical (unpaired) electrons. The number of ether oxygens (including phenoxy) is 2. The summed E-state index contributed by atoms with van der Waals surface area (Å²) < 4.78 is 16.0. The van der Waals surface area contributed by atoms with Crippen LogP contribution < -0.4 is 9.47 Å². The summed E-state index contributed by atoms with van der Waals surface area (Å²) in [5.74, 6) is -0.947. The van der Waals surface area contributed by atoms with Crippen LogP contribution in [0.5, 0.6) is 11.5 Å². The van der Waals surface area contributed by atoms with Crippen LogP contribution in [-0.2, 0) is 9.59 Å². The van der Waals surface area contributed by atoms with E-state index in [4.69, 9.17) is 25.5 Å². The maximum atomic E-state index is 12.8. The maximum absolute atomic E-state index is 12.8. The SMILES string of the molecule is CCCN1C(=O)C(=O)/C(=C(/O)c2cc(OC)c(Cl)cc2OC)C1c1ccco1. The van der Waals surface area contributed by atoms with Crippen LogP contribution in [0.3, 0.4) is 0 Å². The van der Waals surface area contributed by atoms with Crippen LogP contribution in [0.1, 0.15) is 30.7 Å². The number of aliphatic hydroxyl groups excluding tert-OH is 1. The summed E-state index contributed by atoms with van der Waals surface area (Å²) in [6.45, 7) is 2.24. The van der Waals surface area contributed by atoms with Crippen molar-refractivity contribution in [1.82, 2.24) is 4.90 Å². The van der Waals surface area contributed by atoms with Gasteiger partial charge in [-0.3, -0.25) is 9.59 Å². The fourth-order valence-electron chi connectivity index (χ4n) is 3.28. The third kappa shape index (κ3) is 3.22. The van der Waals surface area contributed by atoms with E-state index in [2.05, 4.69) is 0 Å². The van der Waals surface area contributed by atoms with E-state index in [-0.39, 0.29) is 27.7 Å². The molecule has 0 spiro atoms. The summed E-state index contributed by atoms with van der Waals surface area (Å²) in [5.41, 5.74) is 0.117. The van der Waals surface area contributed by atoms with Crippen LogP contribution in [0.15, 0.2) is 40.5 Å². The van der Waals surface area contributed by atoms with Crippen molar-refractivity contribution in [3.8, 4) is 11.5 Å². The number of amides is 1. The van der Waals surface area contributed by atoms with Gasteiger partial charge in [-0.15, -0.1) is 0 Å². The first-order valence-corrected chi connectivity index (χ1v) is 9.06. The molecule has 8 heteroatoms. The van der Waals surface area contributed by atoms with E-state index in [1.54, 1.807) is 12.1 Å². The number of benzene rings is 1. The smallest absolute Gasteiger partial charge is 0.295 e. The van der Waals surface area contributed by atoms with Gasteiger partial charge in [0.1, 0.15) is 29.1 Å². The van der Waals surface area contributed by atoms with Gasteiger partial charge in [0.15, 0.2) is 0 Å². The number of carbonyl (C=O) groups excluding carboxylic acids is 2. The summed E-state index contributed by atoms with van der Waals surface area (Å²) in [6.07, 6.45) is 2.09. The third-order valence-electron chi connectivity index (χ3n) is 4.55. The van der Waals surface area contributed by atoms with Crippen LogP contribution in [0.25, 0.3) is 5.76 Å². The van der Waals surface area contributed by atoms with Gasteiger partial charge in [-0.25, -0.2) is 0 Å². The van der Waals surface area contributed by atoms with Crippen LogP contribution in [0.4, 0.5) is 0 Å². The molecule has 1 fully saturated rings. The number of hydrogen-bond acceptors (Lipinski definition) is 6. The van der Waals surface area contributed by atoms with E-state index in [1.807, 2.05) is 6.92 Å². The molecule has 148 valence electrons. The molecule has 1 atom stereocenters. The van der Waals surface area contributed by atoms with Gasteiger partial charge in [-0.05, 0) is 24.6 Å². The van der Waals surface area contributed by atoms with Gasteiger partial charge in [0.05, 0.1) is 36.6 Å². The predicted molar refractivity (Wildman–Crippen MR) is 103 cm³/mol. The fraction of sp³-hybridized carbons (Fsp3) is 0.300. The summed E-state index contributed by atoms with van der Waals surface area (Å²) in [6, 6.07) is 5.42. The predicted octanol–water partition coefficient (Wildman–Crippen LogP) is 3.78. The Morgan fingerprint density at radius 2 is 1.96 bits per heavy atom. The molecule has 1 aliphatic rings. The molecule has 1 N–H and O–H groups in total. The van der Waals surface area contributed by atoms with Crippen LogP contribution in [0.2, 0.25) is 5.02 Å². The van der Waals surface area contributed by atoms with Gasteiger partial charge in [0.25, 0.3) is 11.7 Å². The third-order valence-corrected chi connectivity index (χ3v) is 4.84. The van der Waals surface area contributed by atoms with Crippen molar-refractivity contribution in [1.29, 1.82) is 0 Å². The van der Waals surface area contributed by atoms with E-state index >= 15 is 0 Å². The van der Waals surface area contributed by atoms with Crippen molar-refractivity contribution in [2.24, 2.45) is 0 Å². The lowest BCUT2D eigenvalue weighted by molar-refractivity contribution is -0.140. The molecular weight excluding hydrogens is 386 g/mol. The number of methoxy groups -OCH3 is 2. The van der Waals surface area contributed by atoms with Gasteiger partial charge < -0.3 is 23.9 Å². The Labute approximate surface area is 167 Å². The first-order valence-electron chi connectivity index (χ1n) is 8.68. The van der Waals surface area contributed by atoms with Crippen molar-refractivity contribution in [3.05, 3.63) is 52.4 Å². The van der Waals surface area contributed by atoms with Crippen LogP contribution in [-0.4, -0.2) is 42.5 Å². The van der Waals surface area contributed by atoms with Crippen molar-refractivity contribution in [2.75, 3.05) is 20.8 Å². The molecule has 2 heterocycles. The van der Waals surface area contributed by atoms with Gasteiger partial charge in [0, 0.05) is 12.6 Å². The first kappa shape index (κ1) is 19.8. The molecule has 1 amide bonds. The first-order chi connectivity index (χ1) is 13.4. The van der Waals surface area contributed by atoms with E-state index < -0.39 is 17.7 Å². The molecule has 1 saturated heterocycles. The zero-order chi connectivity index (χ0) is 20.4. The minimum atomic E-state index is -0.832. The number of rotatable bonds is 6. The Hall–Kier alpha value is -2.93. The molecule has 1 aromatic carbocycles. The summed E-state index contributed by atoms with van der Waals surface area (Å²) in [5, 5.41) is 11.3. The lowest BCUT2D eigenvalue weighted by Crippen LogP contribution is -2.30. The number of nitrogens with zero attached hydrogens (tertiary/aromatic N) is 1. The molecule has 28 heavy (non-hydrogen) atoms.